The monoisotopic (exact) mass is 611 g/mol. The number of unbranched alkanes of at least 4 members (excludes halogenated alkanes) is 23. The molecule has 9 heteroatoms. The molecule has 0 aromatic heterocycles. The molecule has 0 radical (unpaired) electrons. The minimum atomic E-state index is -4.48. The summed E-state index contributed by atoms with van der Waals surface area (Å²) in [5.74, 6) is -0.903. The molecular weight excluding hydrogens is 551 g/mol. The fourth-order valence-corrected chi connectivity index (χ4v) is 4.71. The van der Waals surface area contributed by atoms with Crippen LogP contribution in [-0.2, 0) is 19.4 Å². The van der Waals surface area contributed by atoms with Gasteiger partial charge in [0.1, 0.15) is 0 Å². The van der Waals surface area contributed by atoms with Gasteiger partial charge in [-0.25, -0.2) is 8.42 Å². The number of rotatable bonds is 28. The fraction of sp³-hybridized carbons (Fsp3) is 0.967. The minimum Gasteiger partial charge on any atom is -0.726 e. The Bertz CT molecular complexity index is 564. The van der Waals surface area contributed by atoms with Gasteiger partial charge in [-0.3, -0.25) is 4.18 Å². The van der Waals surface area contributed by atoms with Crippen LogP contribution >= 0.6 is 0 Å². The molecule has 0 bridgehead atoms. The summed E-state index contributed by atoms with van der Waals surface area (Å²) < 4.78 is 34.5. The van der Waals surface area contributed by atoms with E-state index in [2.05, 4.69) is 18.0 Å². The molecule has 0 N–H and O–H groups in total. The molecule has 0 aliphatic rings. The van der Waals surface area contributed by atoms with E-state index in [1.165, 1.54) is 128 Å². The summed E-state index contributed by atoms with van der Waals surface area (Å²) in [5.41, 5.74) is 0. The van der Waals surface area contributed by atoms with Crippen LogP contribution in [0.25, 0.3) is 0 Å². The topological polar surface area (TPSA) is 107 Å². The Hall–Kier alpha value is 1.60. The molecule has 0 aromatic carbocycles. The second kappa shape index (κ2) is 39.6. The molecule has 0 spiro atoms. The summed E-state index contributed by atoms with van der Waals surface area (Å²) in [7, 11) is -4.48. The molecule has 0 aromatic rings. The Balaban J connectivity index is -0.000000302. The van der Waals surface area contributed by atoms with Gasteiger partial charge in [0.05, 0.1) is 6.61 Å². The minimum absolute atomic E-state index is 0. The quantitative estimate of drug-likeness (QED) is 0.0533. The van der Waals surface area contributed by atoms with E-state index in [1.807, 2.05) is 0 Å². The molecule has 0 rings (SSSR count). The maximum Gasteiger partial charge on any atom is 2.00 e. The number of aliphatic carboxylic acids is 1. The number of carbonyl (C=O) groups excluding carboxylic acids is 1. The predicted molar refractivity (Wildman–Crippen MR) is 158 cm³/mol. The number of carboxylic acid groups (broad SMARTS) is 1. The van der Waals surface area contributed by atoms with Gasteiger partial charge in [-0.1, -0.05) is 162 Å². The zero-order chi connectivity index (χ0) is 27.9. The number of carboxylic acids is 1. The van der Waals surface area contributed by atoms with Gasteiger partial charge in [-0.05, 0) is 19.3 Å². The normalized spacial score (nSPS) is 10.7. The van der Waals surface area contributed by atoms with Crippen LogP contribution in [0.1, 0.15) is 181 Å². The van der Waals surface area contributed by atoms with Crippen molar-refractivity contribution in [2.45, 2.75) is 181 Å². The van der Waals surface area contributed by atoms with Gasteiger partial charge in [0.2, 0.25) is 10.4 Å². The van der Waals surface area contributed by atoms with Gasteiger partial charge in [-0.15, -0.1) is 0 Å². The van der Waals surface area contributed by atoms with Crippen LogP contribution in [0.4, 0.5) is 0 Å². The average molecular weight is 612 g/mol. The number of hydrogen-bond acceptors (Lipinski definition) is 6. The zero-order valence-electron chi connectivity index (χ0n) is 26.2. The molecule has 0 unspecified atom stereocenters. The van der Waals surface area contributed by atoms with Gasteiger partial charge in [0.25, 0.3) is 0 Å². The Morgan fingerprint density at radius 2 is 0.795 bits per heavy atom. The SMILES string of the molecule is CCCCCCCCCCCCCCCCCC(=O)[O-].CCCCCCCCCCCCOS(=O)(=O)[O-].[Ca+2].[Na+]. The van der Waals surface area contributed by atoms with Crippen molar-refractivity contribution < 1.29 is 56.6 Å². The molecule has 0 aliphatic carbocycles. The maximum atomic E-state index is 10.2. The van der Waals surface area contributed by atoms with Crippen molar-refractivity contribution in [3.63, 3.8) is 0 Å². The largest absolute Gasteiger partial charge is 2.00 e. The molecule has 0 fully saturated rings. The predicted octanol–water partition coefficient (Wildman–Crippen LogP) is 5.01. The average Bonchev–Trinajstić information content (AvgIpc) is 2.84. The third-order valence-corrected chi connectivity index (χ3v) is 7.17. The van der Waals surface area contributed by atoms with Crippen molar-refractivity contribution in [1.29, 1.82) is 0 Å². The summed E-state index contributed by atoms with van der Waals surface area (Å²) in [4.78, 5) is 10.2. The first kappa shape index (κ1) is 47.5. The molecule has 224 valence electrons. The van der Waals surface area contributed by atoms with E-state index in [9.17, 15) is 22.9 Å². The van der Waals surface area contributed by atoms with Crippen molar-refractivity contribution in [1.82, 2.24) is 0 Å². The summed E-state index contributed by atoms with van der Waals surface area (Å²) in [6.45, 7) is 4.51. The first-order valence-electron chi connectivity index (χ1n) is 15.6. The van der Waals surface area contributed by atoms with E-state index in [-0.39, 0.29) is 80.3 Å². The standard InChI is InChI=1S/C18H36O2.C12H26O4S.Ca.Na/c1-2-3-4-5-6-7-8-9-10-11-12-13-14-15-16-17-18(19)20;1-2-3-4-5-6-7-8-9-10-11-12-16-17(13,14)15;;/h2-17H2,1H3,(H,19,20);2-12H2,1H3,(H,13,14,15);;/q;;+2;+1/p-2. The molecule has 0 heterocycles. The molecule has 39 heavy (non-hydrogen) atoms. The van der Waals surface area contributed by atoms with Gasteiger partial charge < -0.3 is 14.5 Å². The Labute approximate surface area is 295 Å². The Kier molecular flexibility index (Phi) is 48.3. The van der Waals surface area contributed by atoms with Crippen LogP contribution in [0, 0.1) is 0 Å². The van der Waals surface area contributed by atoms with Crippen LogP contribution in [-0.4, -0.2) is 63.3 Å². The fourth-order valence-electron chi connectivity index (χ4n) is 4.39. The number of hydrogen-bond donors (Lipinski definition) is 0. The number of carbonyl (C=O) groups is 1. The van der Waals surface area contributed by atoms with Crippen molar-refractivity contribution >= 4 is 54.1 Å². The second-order valence-electron chi connectivity index (χ2n) is 10.5. The van der Waals surface area contributed by atoms with Crippen LogP contribution in [0.3, 0.4) is 0 Å². The van der Waals surface area contributed by atoms with Crippen LogP contribution in [0.2, 0.25) is 0 Å². The Morgan fingerprint density at radius 1 is 0.538 bits per heavy atom. The van der Waals surface area contributed by atoms with Crippen LogP contribution < -0.4 is 34.7 Å². The van der Waals surface area contributed by atoms with Crippen LogP contribution in [0.15, 0.2) is 0 Å². The third-order valence-electron chi connectivity index (χ3n) is 6.71. The van der Waals surface area contributed by atoms with Gasteiger partial charge in [-0.2, -0.15) is 0 Å². The smallest absolute Gasteiger partial charge is 0.726 e. The van der Waals surface area contributed by atoms with E-state index in [0.29, 0.717) is 6.42 Å². The van der Waals surface area contributed by atoms with Crippen molar-refractivity contribution in [3.8, 4) is 0 Å². The molecular formula is C30H60CaNaO6S+. The molecule has 0 aliphatic heterocycles. The second-order valence-corrected chi connectivity index (χ2v) is 11.5. The van der Waals surface area contributed by atoms with E-state index >= 15 is 0 Å². The summed E-state index contributed by atoms with van der Waals surface area (Å²) in [5, 5.41) is 10.2. The van der Waals surface area contributed by atoms with Crippen molar-refractivity contribution in [2.24, 2.45) is 0 Å². The van der Waals surface area contributed by atoms with E-state index in [1.54, 1.807) is 0 Å². The Morgan fingerprint density at radius 3 is 1.05 bits per heavy atom. The molecule has 0 amide bonds. The third kappa shape index (κ3) is 52.7. The molecule has 6 nitrogen and oxygen atoms in total. The zero-order valence-corrected chi connectivity index (χ0v) is 31.2. The molecule has 0 atom stereocenters. The first-order valence-corrected chi connectivity index (χ1v) is 17.0. The van der Waals surface area contributed by atoms with E-state index in [4.69, 9.17) is 0 Å². The van der Waals surface area contributed by atoms with Crippen LogP contribution in [0.5, 0.6) is 0 Å². The van der Waals surface area contributed by atoms with Crippen molar-refractivity contribution in [2.75, 3.05) is 6.61 Å². The molecule has 0 saturated heterocycles. The van der Waals surface area contributed by atoms with Crippen molar-refractivity contribution in [3.05, 3.63) is 0 Å². The summed E-state index contributed by atoms with van der Waals surface area (Å²) in [6.07, 6.45) is 31.6. The maximum absolute atomic E-state index is 10.2. The van der Waals surface area contributed by atoms with E-state index < -0.39 is 16.4 Å². The summed E-state index contributed by atoms with van der Waals surface area (Å²) >= 11 is 0. The van der Waals surface area contributed by atoms with Gasteiger partial charge >= 0.3 is 67.3 Å². The summed E-state index contributed by atoms with van der Waals surface area (Å²) in [6, 6.07) is 0. The molecule has 0 saturated carbocycles. The van der Waals surface area contributed by atoms with E-state index in [0.717, 1.165) is 25.7 Å². The first-order chi connectivity index (χ1) is 17.8. The van der Waals surface area contributed by atoms with Gasteiger partial charge in [0, 0.05) is 5.97 Å². The van der Waals surface area contributed by atoms with Gasteiger partial charge in [0.15, 0.2) is 0 Å².